The second-order valence-corrected chi connectivity index (χ2v) is 10.9. The summed E-state index contributed by atoms with van der Waals surface area (Å²) in [7, 11) is 0. The summed E-state index contributed by atoms with van der Waals surface area (Å²) >= 11 is 0. The van der Waals surface area contributed by atoms with Crippen LogP contribution >= 0.6 is 0 Å². The van der Waals surface area contributed by atoms with Crippen LogP contribution in [-0.2, 0) is 0 Å². The van der Waals surface area contributed by atoms with E-state index in [1.165, 1.54) is 50.7 Å². The molecule has 3 aromatic carbocycles. The lowest BCUT2D eigenvalue weighted by atomic mass is 9.42. The average Bonchev–Trinajstić information content (AvgIpc) is 3.24. The molecule has 1 fully saturated rings. The number of fused-ring (bicyclic) bond motifs is 5. The van der Waals surface area contributed by atoms with Crippen LogP contribution in [-0.4, -0.2) is 16.3 Å². The quantitative estimate of drug-likeness (QED) is 0.281. The maximum atomic E-state index is 5.00. The van der Waals surface area contributed by atoms with Crippen LogP contribution in [0.3, 0.4) is 0 Å². The fourth-order valence-electron chi connectivity index (χ4n) is 5.85. The van der Waals surface area contributed by atoms with Gasteiger partial charge in [-0.15, -0.1) is 0 Å². The van der Waals surface area contributed by atoms with Crippen LogP contribution in [0.2, 0.25) is 12.6 Å². The third-order valence-electron chi connectivity index (χ3n) is 8.38. The fourth-order valence-corrected chi connectivity index (χ4v) is 5.85. The Labute approximate surface area is 190 Å². The smallest absolute Gasteiger partial charge is 0.179 e. The minimum Gasteiger partial charge on any atom is -0.294 e. The van der Waals surface area contributed by atoms with Gasteiger partial charge in [-0.25, -0.2) is 4.98 Å². The van der Waals surface area contributed by atoms with Gasteiger partial charge < -0.3 is 0 Å². The Morgan fingerprint density at radius 3 is 2.12 bits per heavy atom. The molecule has 0 saturated carbocycles. The van der Waals surface area contributed by atoms with Gasteiger partial charge in [0.25, 0.3) is 0 Å². The van der Waals surface area contributed by atoms with Crippen molar-refractivity contribution in [2.45, 2.75) is 40.3 Å². The van der Waals surface area contributed by atoms with Crippen LogP contribution in [0.5, 0.6) is 0 Å². The lowest BCUT2D eigenvalue weighted by Gasteiger charge is -2.35. The lowest BCUT2D eigenvalue weighted by molar-refractivity contribution is 0.177. The van der Waals surface area contributed by atoms with Crippen LogP contribution in [0, 0.1) is 10.8 Å². The number of pyridine rings is 1. The number of nitrogens with zero attached hydrogens (tertiary/aromatic N) is 2. The van der Waals surface area contributed by atoms with E-state index in [-0.39, 0.29) is 0 Å². The lowest BCUT2D eigenvalue weighted by Crippen LogP contribution is -2.28. The molecule has 2 aromatic heterocycles. The van der Waals surface area contributed by atoms with E-state index in [0.29, 0.717) is 17.5 Å². The van der Waals surface area contributed by atoms with Crippen LogP contribution in [0.1, 0.15) is 27.7 Å². The summed E-state index contributed by atoms with van der Waals surface area (Å²) < 4.78 is 2.32. The molecule has 158 valence electrons. The van der Waals surface area contributed by atoms with Crippen molar-refractivity contribution in [1.29, 1.82) is 0 Å². The molecular formula is C29H29BN2. The molecule has 1 saturated heterocycles. The molecule has 0 unspecified atom stereocenters. The largest absolute Gasteiger partial charge is 0.294 e. The fraction of sp³-hybridized carbons (Fsp3) is 0.276. The van der Waals surface area contributed by atoms with Gasteiger partial charge in [-0.2, -0.15) is 0 Å². The van der Waals surface area contributed by atoms with Crippen molar-refractivity contribution >= 4 is 44.8 Å². The Morgan fingerprint density at radius 2 is 1.41 bits per heavy atom. The maximum Gasteiger partial charge on any atom is 0.179 e. The molecular weight excluding hydrogens is 387 g/mol. The summed E-state index contributed by atoms with van der Waals surface area (Å²) in [5, 5.41) is 5.16. The van der Waals surface area contributed by atoms with Crippen molar-refractivity contribution in [3.63, 3.8) is 0 Å². The molecule has 0 N–H and O–H groups in total. The van der Waals surface area contributed by atoms with Gasteiger partial charge in [0.1, 0.15) is 5.82 Å². The summed E-state index contributed by atoms with van der Waals surface area (Å²) in [4.78, 5) is 5.00. The second-order valence-electron chi connectivity index (χ2n) is 10.9. The highest BCUT2D eigenvalue weighted by Gasteiger charge is 2.48. The minimum atomic E-state index is 0.351. The number of hydrogen-bond donors (Lipinski definition) is 0. The standard InChI is InChI=1S/C29H29BN2/c1-28(2)18-30(19-29(28,3)4)21-14-16-26(31-17-21)32-24-12-8-7-11-23(24)27-22-10-6-5-9-20(22)13-15-25(27)32/h5-17H,18-19H2,1-4H3. The topological polar surface area (TPSA) is 17.8 Å². The highest BCUT2D eigenvalue weighted by molar-refractivity contribution is 6.74. The molecule has 3 heterocycles. The van der Waals surface area contributed by atoms with Crippen molar-refractivity contribution in [1.82, 2.24) is 9.55 Å². The Kier molecular flexibility index (Phi) is 4.11. The van der Waals surface area contributed by atoms with Crippen LogP contribution in [0.25, 0.3) is 38.4 Å². The van der Waals surface area contributed by atoms with Gasteiger partial charge in [0, 0.05) is 17.0 Å². The first kappa shape index (κ1) is 19.6. The van der Waals surface area contributed by atoms with Crippen molar-refractivity contribution < 1.29 is 0 Å². The summed E-state index contributed by atoms with van der Waals surface area (Å²) in [6.45, 7) is 10.2. The Hall–Kier alpha value is -3.07. The van der Waals surface area contributed by atoms with Crippen molar-refractivity contribution in [3.05, 3.63) is 79.0 Å². The maximum absolute atomic E-state index is 5.00. The Morgan fingerprint density at radius 1 is 0.719 bits per heavy atom. The zero-order chi connectivity index (χ0) is 22.1. The van der Waals surface area contributed by atoms with Gasteiger partial charge in [0.15, 0.2) is 6.71 Å². The van der Waals surface area contributed by atoms with E-state index in [1.807, 2.05) is 0 Å². The van der Waals surface area contributed by atoms with E-state index in [2.05, 4.69) is 111 Å². The molecule has 2 nitrogen and oxygen atoms in total. The number of rotatable bonds is 2. The molecule has 1 aliphatic heterocycles. The molecule has 0 atom stereocenters. The zero-order valence-electron chi connectivity index (χ0n) is 19.4. The predicted octanol–water partition coefficient (Wildman–Crippen LogP) is 7.10. The van der Waals surface area contributed by atoms with Crippen molar-refractivity contribution in [2.75, 3.05) is 0 Å². The molecule has 32 heavy (non-hydrogen) atoms. The highest BCUT2D eigenvalue weighted by atomic mass is 15.1. The third kappa shape index (κ3) is 2.77. The van der Waals surface area contributed by atoms with Crippen LogP contribution in [0.15, 0.2) is 79.0 Å². The highest BCUT2D eigenvalue weighted by Crippen LogP contribution is 2.52. The van der Waals surface area contributed by atoms with Gasteiger partial charge in [-0.3, -0.25) is 4.57 Å². The number of aromatic nitrogens is 2. The van der Waals surface area contributed by atoms with Gasteiger partial charge in [-0.1, -0.05) is 100 Å². The Bertz CT molecular complexity index is 1460. The molecule has 0 amide bonds. The second kappa shape index (κ2) is 6.72. The van der Waals surface area contributed by atoms with E-state index in [0.717, 1.165) is 5.82 Å². The third-order valence-corrected chi connectivity index (χ3v) is 8.38. The monoisotopic (exact) mass is 416 g/mol. The van der Waals surface area contributed by atoms with E-state index in [4.69, 9.17) is 4.98 Å². The summed E-state index contributed by atoms with van der Waals surface area (Å²) in [5.74, 6) is 0.992. The van der Waals surface area contributed by atoms with Crippen LogP contribution in [0.4, 0.5) is 0 Å². The summed E-state index contributed by atoms with van der Waals surface area (Å²) in [6, 6.07) is 26.4. The molecule has 0 spiro atoms. The molecule has 0 radical (unpaired) electrons. The predicted molar refractivity (Wildman–Crippen MR) is 139 cm³/mol. The Balaban J connectivity index is 1.51. The first-order valence-corrected chi connectivity index (χ1v) is 11.7. The molecule has 3 heteroatoms. The first-order chi connectivity index (χ1) is 15.4. The molecule has 0 bridgehead atoms. The normalized spacial score (nSPS) is 17.6. The zero-order valence-corrected chi connectivity index (χ0v) is 19.4. The van der Waals surface area contributed by atoms with E-state index < -0.39 is 0 Å². The van der Waals surface area contributed by atoms with E-state index in [1.54, 1.807) is 0 Å². The van der Waals surface area contributed by atoms with Crippen molar-refractivity contribution in [2.24, 2.45) is 10.8 Å². The average molecular weight is 416 g/mol. The summed E-state index contributed by atoms with van der Waals surface area (Å²) in [5.41, 5.74) is 4.50. The molecule has 0 aliphatic carbocycles. The van der Waals surface area contributed by atoms with Gasteiger partial charge in [-0.05, 0) is 39.8 Å². The number of benzene rings is 3. The van der Waals surface area contributed by atoms with E-state index in [9.17, 15) is 0 Å². The van der Waals surface area contributed by atoms with Gasteiger partial charge in [0.05, 0.1) is 11.0 Å². The molecule has 1 aliphatic rings. The van der Waals surface area contributed by atoms with Gasteiger partial charge >= 0.3 is 0 Å². The SMILES string of the molecule is CC1(C)CB(c2ccc(-n3c4ccccc4c4c5ccccc5ccc43)nc2)CC1(C)C. The molecule has 5 aromatic rings. The van der Waals surface area contributed by atoms with Gasteiger partial charge in [0.2, 0.25) is 0 Å². The first-order valence-electron chi connectivity index (χ1n) is 11.7. The molecule has 6 rings (SSSR count). The minimum absolute atomic E-state index is 0.351. The van der Waals surface area contributed by atoms with E-state index >= 15 is 0 Å². The number of hydrogen-bond acceptors (Lipinski definition) is 1. The van der Waals surface area contributed by atoms with Crippen molar-refractivity contribution in [3.8, 4) is 5.82 Å². The summed E-state index contributed by atoms with van der Waals surface area (Å²) in [6.07, 6.45) is 4.57. The van der Waals surface area contributed by atoms with Crippen LogP contribution < -0.4 is 5.46 Å². The number of para-hydroxylation sites is 1.